The van der Waals surface area contributed by atoms with E-state index in [0.717, 1.165) is 20.3 Å². The van der Waals surface area contributed by atoms with E-state index in [1.165, 1.54) is 11.6 Å². The third-order valence-corrected chi connectivity index (χ3v) is 4.88. The Morgan fingerprint density at radius 1 is 1.00 bits per heavy atom. The van der Waals surface area contributed by atoms with E-state index < -0.39 is 0 Å². The van der Waals surface area contributed by atoms with Gasteiger partial charge in [-0.05, 0) is 24.3 Å². The van der Waals surface area contributed by atoms with Crippen LogP contribution in [0.15, 0.2) is 68.9 Å². The molecule has 0 atom stereocenters. The highest BCUT2D eigenvalue weighted by atomic mass is 79.9. The van der Waals surface area contributed by atoms with Crippen molar-refractivity contribution in [1.29, 1.82) is 0 Å². The van der Waals surface area contributed by atoms with Gasteiger partial charge in [0.1, 0.15) is 5.65 Å². The first kappa shape index (κ1) is 16.5. The molecule has 0 amide bonds. The highest BCUT2D eigenvalue weighted by molar-refractivity contribution is 9.10. The van der Waals surface area contributed by atoms with Gasteiger partial charge >= 0.3 is 5.69 Å². The van der Waals surface area contributed by atoms with Crippen LogP contribution < -0.4 is 11.2 Å². The molecule has 130 valence electrons. The van der Waals surface area contributed by atoms with Gasteiger partial charge in [-0.15, -0.1) is 0 Å². The molecular formula is C19H15BrN4O2. The van der Waals surface area contributed by atoms with Gasteiger partial charge in [0.05, 0.1) is 17.0 Å². The van der Waals surface area contributed by atoms with E-state index >= 15 is 0 Å². The molecule has 0 fully saturated rings. The Morgan fingerprint density at radius 2 is 1.81 bits per heavy atom. The molecule has 0 aliphatic carbocycles. The van der Waals surface area contributed by atoms with Crippen LogP contribution in [0.1, 0.15) is 0 Å². The van der Waals surface area contributed by atoms with Crippen molar-refractivity contribution in [2.75, 3.05) is 0 Å². The van der Waals surface area contributed by atoms with E-state index in [-0.39, 0.29) is 11.2 Å². The Kier molecular flexibility index (Phi) is 3.88. The summed E-state index contributed by atoms with van der Waals surface area (Å²) < 4.78 is 5.32. The predicted molar refractivity (Wildman–Crippen MR) is 104 cm³/mol. The number of benzene rings is 1. The molecule has 0 aliphatic heterocycles. The van der Waals surface area contributed by atoms with Crippen LogP contribution in [0, 0.1) is 0 Å². The Morgan fingerprint density at radius 3 is 2.54 bits per heavy atom. The number of pyridine rings is 1. The quantitative estimate of drug-likeness (QED) is 0.510. The molecule has 0 bridgehead atoms. The SMILES string of the molecule is Cn1c(-c2cccc(Br)c2)c(-c2cn3ccccc3n2)c(=O)n(C)c1=O. The van der Waals surface area contributed by atoms with Gasteiger partial charge in [-0.2, -0.15) is 0 Å². The van der Waals surface area contributed by atoms with Gasteiger partial charge in [-0.3, -0.25) is 13.9 Å². The average Bonchev–Trinajstić information content (AvgIpc) is 3.06. The number of imidazole rings is 1. The van der Waals surface area contributed by atoms with E-state index in [1.54, 1.807) is 13.2 Å². The molecule has 0 aliphatic rings. The number of aromatic nitrogens is 4. The van der Waals surface area contributed by atoms with Crippen molar-refractivity contribution in [2.24, 2.45) is 14.1 Å². The molecule has 3 aromatic heterocycles. The minimum atomic E-state index is -0.377. The third-order valence-electron chi connectivity index (χ3n) is 4.38. The summed E-state index contributed by atoms with van der Waals surface area (Å²) in [6, 6.07) is 13.2. The highest BCUT2D eigenvalue weighted by Crippen LogP contribution is 2.29. The number of fused-ring (bicyclic) bond motifs is 1. The number of hydrogen-bond acceptors (Lipinski definition) is 3. The largest absolute Gasteiger partial charge is 0.330 e. The second kappa shape index (κ2) is 6.10. The monoisotopic (exact) mass is 410 g/mol. The van der Waals surface area contributed by atoms with Crippen molar-refractivity contribution in [2.45, 2.75) is 0 Å². The predicted octanol–water partition coefficient (Wildman–Crippen LogP) is 2.83. The first-order chi connectivity index (χ1) is 12.5. The topological polar surface area (TPSA) is 61.3 Å². The van der Waals surface area contributed by atoms with Crippen LogP contribution in [0.3, 0.4) is 0 Å². The lowest BCUT2D eigenvalue weighted by Gasteiger charge is -2.14. The standard InChI is InChI=1S/C19H15BrN4O2/c1-22-17(12-6-5-7-13(20)10-12)16(18(25)23(2)19(22)26)14-11-24-9-4-3-8-15(24)21-14/h3-11H,1-2H3. The summed E-state index contributed by atoms with van der Waals surface area (Å²) in [6.45, 7) is 0. The minimum absolute atomic E-state index is 0.369. The summed E-state index contributed by atoms with van der Waals surface area (Å²) >= 11 is 3.45. The fraction of sp³-hybridized carbons (Fsp3) is 0.105. The van der Waals surface area contributed by atoms with Crippen LogP contribution in [-0.2, 0) is 14.1 Å². The number of nitrogens with zero attached hydrogens (tertiary/aromatic N) is 4. The molecule has 26 heavy (non-hydrogen) atoms. The van der Waals surface area contributed by atoms with Gasteiger partial charge in [0.25, 0.3) is 5.56 Å². The normalized spacial score (nSPS) is 11.2. The lowest BCUT2D eigenvalue weighted by molar-refractivity contribution is 0.694. The van der Waals surface area contributed by atoms with Crippen LogP contribution in [0.5, 0.6) is 0 Å². The fourth-order valence-corrected chi connectivity index (χ4v) is 3.50. The summed E-state index contributed by atoms with van der Waals surface area (Å²) in [5.41, 5.74) is 2.23. The zero-order valence-corrected chi connectivity index (χ0v) is 15.8. The number of hydrogen-bond donors (Lipinski definition) is 0. The van der Waals surface area contributed by atoms with Crippen molar-refractivity contribution in [3.05, 3.63) is 80.2 Å². The molecule has 0 unspecified atom stereocenters. The maximum Gasteiger partial charge on any atom is 0.330 e. The minimum Gasteiger partial charge on any atom is -0.306 e. The summed E-state index contributed by atoms with van der Waals surface area (Å²) in [5, 5.41) is 0. The van der Waals surface area contributed by atoms with Crippen LogP contribution in [-0.4, -0.2) is 18.5 Å². The lowest BCUT2D eigenvalue weighted by atomic mass is 10.0. The van der Waals surface area contributed by atoms with E-state index in [1.807, 2.05) is 53.1 Å². The van der Waals surface area contributed by atoms with Gasteiger partial charge < -0.3 is 4.40 Å². The van der Waals surface area contributed by atoms with Crippen LogP contribution in [0.2, 0.25) is 0 Å². The summed E-state index contributed by atoms with van der Waals surface area (Å²) in [5.74, 6) is 0. The fourth-order valence-electron chi connectivity index (χ4n) is 3.10. The van der Waals surface area contributed by atoms with Gasteiger partial charge in [0.2, 0.25) is 0 Å². The van der Waals surface area contributed by atoms with Crippen LogP contribution >= 0.6 is 15.9 Å². The molecular weight excluding hydrogens is 396 g/mol. The van der Waals surface area contributed by atoms with E-state index in [0.29, 0.717) is 17.0 Å². The van der Waals surface area contributed by atoms with Gasteiger partial charge in [0.15, 0.2) is 0 Å². The van der Waals surface area contributed by atoms with Crippen molar-refractivity contribution < 1.29 is 0 Å². The lowest BCUT2D eigenvalue weighted by Crippen LogP contribution is -2.38. The molecule has 3 heterocycles. The third kappa shape index (κ3) is 2.52. The van der Waals surface area contributed by atoms with Gasteiger partial charge in [0, 0.05) is 36.5 Å². The Bertz CT molecular complexity index is 1230. The molecule has 1 aromatic carbocycles. The molecule has 0 radical (unpaired) electrons. The first-order valence-electron chi connectivity index (χ1n) is 7.97. The number of rotatable bonds is 2. The average molecular weight is 411 g/mol. The Hall–Kier alpha value is -2.93. The molecule has 0 N–H and O–H groups in total. The number of halogens is 1. The molecule has 4 aromatic rings. The molecule has 6 nitrogen and oxygen atoms in total. The van der Waals surface area contributed by atoms with Gasteiger partial charge in [-0.1, -0.05) is 34.1 Å². The molecule has 0 spiro atoms. The summed E-state index contributed by atoms with van der Waals surface area (Å²) in [7, 11) is 3.14. The summed E-state index contributed by atoms with van der Waals surface area (Å²) in [6.07, 6.45) is 3.68. The first-order valence-corrected chi connectivity index (χ1v) is 8.77. The van der Waals surface area contributed by atoms with Crippen LogP contribution in [0.25, 0.3) is 28.2 Å². The summed E-state index contributed by atoms with van der Waals surface area (Å²) in [4.78, 5) is 30.1. The zero-order chi connectivity index (χ0) is 18.4. The van der Waals surface area contributed by atoms with Crippen molar-refractivity contribution >= 4 is 21.6 Å². The smallest absolute Gasteiger partial charge is 0.306 e. The molecule has 0 saturated carbocycles. The van der Waals surface area contributed by atoms with Crippen molar-refractivity contribution in [3.63, 3.8) is 0 Å². The molecule has 7 heteroatoms. The molecule has 4 rings (SSSR count). The second-order valence-corrected chi connectivity index (χ2v) is 6.95. The van der Waals surface area contributed by atoms with Gasteiger partial charge in [-0.25, -0.2) is 9.78 Å². The van der Waals surface area contributed by atoms with E-state index in [2.05, 4.69) is 20.9 Å². The van der Waals surface area contributed by atoms with Crippen LogP contribution in [0.4, 0.5) is 0 Å². The maximum absolute atomic E-state index is 13.0. The zero-order valence-electron chi connectivity index (χ0n) is 14.2. The van der Waals surface area contributed by atoms with E-state index in [4.69, 9.17) is 0 Å². The Balaban J connectivity index is 2.14. The maximum atomic E-state index is 13.0. The Labute approximate surface area is 157 Å². The second-order valence-electron chi connectivity index (χ2n) is 6.03. The van der Waals surface area contributed by atoms with Crippen molar-refractivity contribution in [3.8, 4) is 22.5 Å². The highest BCUT2D eigenvalue weighted by Gasteiger charge is 2.21. The van der Waals surface area contributed by atoms with E-state index in [9.17, 15) is 9.59 Å². The molecule has 0 saturated heterocycles. The van der Waals surface area contributed by atoms with Crippen molar-refractivity contribution in [1.82, 2.24) is 18.5 Å².